The minimum absolute atomic E-state index is 0.119. The van der Waals surface area contributed by atoms with Crippen LogP contribution in [0, 0.1) is 5.92 Å². The standard InChI is InChI=1S/C34H50N4O3/c1-26(2)19-22-38(30-15-17-31(18-16-30)41-25-29-13-9-8-10-14-29)24-28(5)35-33(39)32(23-27(3)4)36-34(40)37-20-11-6-7-12-21-37/h8-10,13-19,27-28,32H,6-7,11-12,20-25H2,1-5H3,(H,35,39)(H,36,40)/t28-,32-/m0/s1. The third kappa shape index (κ3) is 11.5. The van der Waals surface area contributed by atoms with Crippen LogP contribution in [0.4, 0.5) is 10.5 Å². The lowest BCUT2D eigenvalue weighted by molar-refractivity contribution is -0.123. The summed E-state index contributed by atoms with van der Waals surface area (Å²) in [6.07, 6.45) is 7.15. The molecule has 1 saturated heterocycles. The summed E-state index contributed by atoms with van der Waals surface area (Å²) in [5.41, 5.74) is 3.43. The van der Waals surface area contributed by atoms with Crippen molar-refractivity contribution >= 4 is 17.6 Å². The number of hydrogen-bond donors (Lipinski definition) is 2. The maximum Gasteiger partial charge on any atom is 0.318 e. The van der Waals surface area contributed by atoms with E-state index in [1.54, 1.807) is 0 Å². The number of hydrogen-bond acceptors (Lipinski definition) is 4. The molecule has 0 saturated carbocycles. The van der Waals surface area contributed by atoms with Crippen LogP contribution >= 0.6 is 0 Å². The first-order valence-electron chi connectivity index (χ1n) is 15.2. The Morgan fingerprint density at radius 3 is 2.20 bits per heavy atom. The third-order valence-corrected chi connectivity index (χ3v) is 7.27. The van der Waals surface area contributed by atoms with Gasteiger partial charge < -0.3 is 25.2 Å². The Morgan fingerprint density at radius 2 is 1.59 bits per heavy atom. The van der Waals surface area contributed by atoms with E-state index in [2.05, 4.69) is 73.6 Å². The quantitative estimate of drug-likeness (QED) is 0.272. The van der Waals surface area contributed by atoms with Crippen molar-refractivity contribution in [3.8, 4) is 5.75 Å². The Bertz CT molecular complexity index is 1090. The van der Waals surface area contributed by atoms with Crippen molar-refractivity contribution in [3.63, 3.8) is 0 Å². The molecular weight excluding hydrogens is 512 g/mol. The first kappa shape index (κ1) is 32.0. The molecule has 0 aromatic heterocycles. The number of allylic oxidation sites excluding steroid dienone is 1. The molecular formula is C34H50N4O3. The average molecular weight is 563 g/mol. The maximum absolute atomic E-state index is 13.4. The number of nitrogens with zero attached hydrogens (tertiary/aromatic N) is 2. The number of nitrogens with one attached hydrogen (secondary N) is 2. The first-order valence-corrected chi connectivity index (χ1v) is 15.2. The summed E-state index contributed by atoms with van der Waals surface area (Å²) in [4.78, 5) is 30.5. The zero-order chi connectivity index (χ0) is 29.6. The van der Waals surface area contributed by atoms with E-state index in [0.717, 1.165) is 62.3 Å². The van der Waals surface area contributed by atoms with Gasteiger partial charge in [-0.25, -0.2) is 4.79 Å². The molecule has 224 valence electrons. The van der Waals surface area contributed by atoms with Crippen LogP contribution in [0.3, 0.4) is 0 Å². The van der Waals surface area contributed by atoms with Crippen molar-refractivity contribution in [2.24, 2.45) is 5.92 Å². The Kier molecular flexibility index (Phi) is 13.1. The second-order valence-electron chi connectivity index (χ2n) is 11.9. The summed E-state index contributed by atoms with van der Waals surface area (Å²) >= 11 is 0. The monoisotopic (exact) mass is 562 g/mol. The summed E-state index contributed by atoms with van der Waals surface area (Å²) in [6, 6.07) is 17.5. The minimum Gasteiger partial charge on any atom is -0.489 e. The van der Waals surface area contributed by atoms with Crippen LogP contribution in [-0.2, 0) is 11.4 Å². The number of ether oxygens (including phenoxy) is 1. The summed E-state index contributed by atoms with van der Waals surface area (Å²) in [6.45, 7) is 13.8. The molecule has 0 radical (unpaired) electrons. The molecule has 2 aromatic carbocycles. The van der Waals surface area contributed by atoms with Gasteiger partial charge in [0, 0.05) is 37.9 Å². The van der Waals surface area contributed by atoms with Crippen LogP contribution in [0.5, 0.6) is 5.75 Å². The zero-order valence-corrected chi connectivity index (χ0v) is 25.7. The molecule has 2 atom stereocenters. The first-order chi connectivity index (χ1) is 19.7. The smallest absolute Gasteiger partial charge is 0.318 e. The van der Waals surface area contributed by atoms with E-state index >= 15 is 0 Å². The summed E-state index contributed by atoms with van der Waals surface area (Å²) < 4.78 is 5.97. The molecule has 1 fully saturated rings. The van der Waals surface area contributed by atoms with Gasteiger partial charge in [0.15, 0.2) is 0 Å². The number of amides is 3. The molecule has 7 nitrogen and oxygen atoms in total. The highest BCUT2D eigenvalue weighted by atomic mass is 16.5. The van der Waals surface area contributed by atoms with Gasteiger partial charge in [-0.15, -0.1) is 0 Å². The summed E-state index contributed by atoms with van der Waals surface area (Å²) in [7, 11) is 0. The highest BCUT2D eigenvalue weighted by Gasteiger charge is 2.26. The number of carbonyl (C=O) groups excluding carboxylic acids is 2. The van der Waals surface area contributed by atoms with Crippen LogP contribution in [0.1, 0.15) is 72.3 Å². The highest BCUT2D eigenvalue weighted by Crippen LogP contribution is 2.21. The Hall–Kier alpha value is -3.48. The van der Waals surface area contributed by atoms with E-state index in [9.17, 15) is 9.59 Å². The third-order valence-electron chi connectivity index (χ3n) is 7.27. The Balaban J connectivity index is 1.62. The van der Waals surface area contributed by atoms with Gasteiger partial charge in [0.05, 0.1) is 0 Å². The summed E-state index contributed by atoms with van der Waals surface area (Å²) in [5.74, 6) is 0.973. The molecule has 2 aromatic rings. The van der Waals surface area contributed by atoms with E-state index in [4.69, 9.17) is 4.74 Å². The van der Waals surface area contributed by atoms with E-state index < -0.39 is 6.04 Å². The van der Waals surface area contributed by atoms with Crippen molar-refractivity contribution < 1.29 is 14.3 Å². The van der Waals surface area contributed by atoms with Gasteiger partial charge in [-0.3, -0.25) is 4.79 Å². The fraction of sp³-hybridized carbons (Fsp3) is 0.529. The SMILES string of the molecule is CC(C)=CCN(C[C@H](C)NC(=O)[C@H](CC(C)C)NC(=O)N1CCCCCC1)c1ccc(OCc2ccccc2)cc1. The van der Waals surface area contributed by atoms with E-state index in [1.807, 2.05) is 42.2 Å². The Morgan fingerprint density at radius 1 is 0.927 bits per heavy atom. The maximum atomic E-state index is 13.4. The molecule has 0 bridgehead atoms. The van der Waals surface area contributed by atoms with E-state index in [0.29, 0.717) is 19.6 Å². The average Bonchev–Trinajstić information content (AvgIpc) is 3.24. The molecule has 0 aliphatic carbocycles. The van der Waals surface area contributed by atoms with Gasteiger partial charge in [-0.05, 0) is 75.8 Å². The normalized spacial score (nSPS) is 14.9. The molecule has 3 rings (SSSR count). The van der Waals surface area contributed by atoms with Crippen LogP contribution in [-0.4, -0.2) is 55.1 Å². The second-order valence-corrected chi connectivity index (χ2v) is 11.9. The fourth-order valence-electron chi connectivity index (χ4n) is 5.01. The van der Waals surface area contributed by atoms with Crippen molar-refractivity contribution in [1.82, 2.24) is 15.5 Å². The molecule has 7 heteroatoms. The number of carbonyl (C=O) groups is 2. The highest BCUT2D eigenvalue weighted by molar-refractivity contribution is 5.87. The van der Waals surface area contributed by atoms with Gasteiger partial charge in [-0.1, -0.05) is 68.7 Å². The predicted molar refractivity (Wildman–Crippen MR) is 168 cm³/mol. The lowest BCUT2D eigenvalue weighted by Gasteiger charge is -2.30. The molecule has 0 unspecified atom stereocenters. The fourth-order valence-corrected chi connectivity index (χ4v) is 5.01. The van der Waals surface area contributed by atoms with Gasteiger partial charge in [0.2, 0.25) is 5.91 Å². The van der Waals surface area contributed by atoms with Crippen LogP contribution < -0.4 is 20.3 Å². The second kappa shape index (κ2) is 16.7. The number of rotatable bonds is 13. The number of likely N-dealkylation sites (tertiary alicyclic amines) is 1. The number of anilines is 1. The number of benzene rings is 2. The van der Waals surface area contributed by atoms with Crippen molar-refractivity contribution in [1.29, 1.82) is 0 Å². The lowest BCUT2D eigenvalue weighted by Crippen LogP contribution is -2.54. The molecule has 1 aliphatic heterocycles. The molecule has 1 heterocycles. The van der Waals surface area contributed by atoms with Crippen molar-refractivity contribution in [2.45, 2.75) is 85.4 Å². The Labute approximate surface area is 247 Å². The lowest BCUT2D eigenvalue weighted by atomic mass is 10.0. The van der Waals surface area contributed by atoms with Gasteiger partial charge in [0.25, 0.3) is 0 Å². The van der Waals surface area contributed by atoms with Gasteiger partial charge in [0.1, 0.15) is 18.4 Å². The largest absolute Gasteiger partial charge is 0.489 e. The molecule has 1 aliphatic rings. The van der Waals surface area contributed by atoms with Crippen LogP contribution in [0.15, 0.2) is 66.2 Å². The minimum atomic E-state index is -0.555. The molecule has 0 spiro atoms. The van der Waals surface area contributed by atoms with Crippen molar-refractivity contribution in [3.05, 3.63) is 71.8 Å². The molecule has 3 amide bonds. The van der Waals surface area contributed by atoms with Crippen LogP contribution in [0.2, 0.25) is 0 Å². The van der Waals surface area contributed by atoms with Crippen LogP contribution in [0.25, 0.3) is 0 Å². The van der Waals surface area contributed by atoms with Crippen molar-refractivity contribution in [2.75, 3.05) is 31.1 Å². The number of urea groups is 1. The van der Waals surface area contributed by atoms with E-state index in [1.165, 1.54) is 5.57 Å². The van der Waals surface area contributed by atoms with E-state index in [-0.39, 0.29) is 23.9 Å². The van der Waals surface area contributed by atoms with Gasteiger partial charge >= 0.3 is 6.03 Å². The zero-order valence-electron chi connectivity index (χ0n) is 25.7. The topological polar surface area (TPSA) is 73.9 Å². The van der Waals surface area contributed by atoms with Gasteiger partial charge in [-0.2, -0.15) is 0 Å². The summed E-state index contributed by atoms with van der Waals surface area (Å²) in [5, 5.41) is 6.23. The predicted octanol–water partition coefficient (Wildman–Crippen LogP) is 6.54. The molecule has 2 N–H and O–H groups in total. The molecule has 41 heavy (non-hydrogen) atoms.